The molecule has 0 unspecified atom stereocenters. The van der Waals surface area contributed by atoms with Gasteiger partial charge in [0.2, 0.25) is 0 Å². The summed E-state index contributed by atoms with van der Waals surface area (Å²) >= 11 is 1.51. The van der Waals surface area contributed by atoms with Crippen molar-refractivity contribution in [3.8, 4) is 0 Å². The van der Waals surface area contributed by atoms with Crippen molar-refractivity contribution in [1.29, 1.82) is 0 Å². The van der Waals surface area contributed by atoms with Gasteiger partial charge in [0.05, 0.1) is 11.4 Å². The molecular weight excluding hydrogens is 336 g/mol. The van der Waals surface area contributed by atoms with E-state index in [2.05, 4.69) is 19.7 Å². The quantitative estimate of drug-likeness (QED) is 0.881. The monoisotopic (exact) mass is 360 g/mol. The second-order valence-electron chi connectivity index (χ2n) is 7.01. The molecule has 1 saturated carbocycles. The maximum Gasteiger partial charge on any atom is 0.264 e. The zero-order valence-corrected chi connectivity index (χ0v) is 15.3. The predicted octanol–water partition coefficient (Wildman–Crippen LogP) is 1.04. The van der Waals surface area contributed by atoms with Crippen LogP contribution in [-0.4, -0.2) is 62.7 Å². The molecule has 2 N–H and O–H groups in total. The van der Waals surface area contributed by atoms with E-state index in [1.54, 1.807) is 0 Å². The Hall–Kier alpha value is -1.77. The normalized spacial score (nSPS) is 24.3. The summed E-state index contributed by atoms with van der Waals surface area (Å²) in [5, 5.41) is 10.7. The Morgan fingerprint density at radius 2 is 2.04 bits per heavy atom. The molecule has 0 radical (unpaired) electrons. The van der Waals surface area contributed by atoms with Gasteiger partial charge in [-0.1, -0.05) is 6.07 Å². The van der Waals surface area contributed by atoms with Crippen molar-refractivity contribution in [3.05, 3.63) is 34.0 Å². The first-order valence-electron chi connectivity index (χ1n) is 8.80. The van der Waals surface area contributed by atoms with Crippen LogP contribution in [0.15, 0.2) is 17.5 Å². The second-order valence-corrected chi connectivity index (χ2v) is 7.96. The van der Waals surface area contributed by atoms with Gasteiger partial charge >= 0.3 is 0 Å². The molecule has 0 spiro atoms. The van der Waals surface area contributed by atoms with Crippen LogP contribution in [0, 0.1) is 0 Å². The number of thiophene rings is 1. The fourth-order valence-electron chi connectivity index (χ4n) is 3.61. The maximum atomic E-state index is 12.4. The fraction of sp³-hybridized carbons (Fsp3) is 0.588. The highest BCUT2D eigenvalue weighted by Gasteiger charge is 2.32. The Morgan fingerprint density at radius 3 is 2.68 bits per heavy atom. The summed E-state index contributed by atoms with van der Waals surface area (Å²) in [6.45, 7) is 4.04. The SMILES string of the molecule is Cn1c(CN2CCN(C(=O)c3cccs3)CC2)nnc1C1CC(N)C1. The first kappa shape index (κ1) is 16.7. The molecule has 2 aromatic heterocycles. The highest BCUT2D eigenvalue weighted by molar-refractivity contribution is 7.12. The molecule has 1 amide bonds. The Labute approximate surface area is 151 Å². The Bertz CT molecular complexity index is 728. The first-order chi connectivity index (χ1) is 12.1. The molecule has 1 aliphatic carbocycles. The lowest BCUT2D eigenvalue weighted by Crippen LogP contribution is -2.48. The van der Waals surface area contributed by atoms with Gasteiger partial charge in [-0.05, 0) is 24.3 Å². The minimum absolute atomic E-state index is 0.150. The van der Waals surface area contributed by atoms with E-state index in [9.17, 15) is 4.79 Å². The Balaban J connectivity index is 1.32. The summed E-state index contributed by atoms with van der Waals surface area (Å²) in [7, 11) is 2.05. The number of nitrogens with zero attached hydrogens (tertiary/aromatic N) is 5. The second kappa shape index (κ2) is 6.86. The van der Waals surface area contributed by atoms with Crippen molar-refractivity contribution in [3.63, 3.8) is 0 Å². The largest absolute Gasteiger partial charge is 0.335 e. The number of amides is 1. The van der Waals surface area contributed by atoms with Crippen LogP contribution < -0.4 is 5.73 Å². The number of hydrogen-bond acceptors (Lipinski definition) is 6. The van der Waals surface area contributed by atoms with E-state index in [4.69, 9.17) is 5.73 Å². The average molecular weight is 360 g/mol. The van der Waals surface area contributed by atoms with Crippen LogP contribution in [0.4, 0.5) is 0 Å². The van der Waals surface area contributed by atoms with E-state index in [0.717, 1.165) is 62.1 Å². The summed E-state index contributed by atoms with van der Waals surface area (Å²) in [6, 6.07) is 4.14. The van der Waals surface area contributed by atoms with Crippen molar-refractivity contribution in [2.24, 2.45) is 12.8 Å². The number of hydrogen-bond donors (Lipinski definition) is 1. The van der Waals surface area contributed by atoms with Crippen molar-refractivity contribution in [2.45, 2.75) is 31.3 Å². The van der Waals surface area contributed by atoms with Crippen LogP contribution >= 0.6 is 11.3 Å². The number of nitrogens with two attached hydrogens (primary N) is 1. The molecular formula is C17H24N6OS. The van der Waals surface area contributed by atoms with Gasteiger partial charge in [0.1, 0.15) is 11.6 Å². The molecule has 1 saturated heterocycles. The van der Waals surface area contributed by atoms with E-state index in [1.165, 1.54) is 11.3 Å². The summed E-state index contributed by atoms with van der Waals surface area (Å²) in [4.78, 5) is 17.5. The number of piperazine rings is 1. The van der Waals surface area contributed by atoms with E-state index < -0.39 is 0 Å². The Kier molecular flexibility index (Phi) is 4.58. The zero-order valence-electron chi connectivity index (χ0n) is 14.5. The highest BCUT2D eigenvalue weighted by atomic mass is 32.1. The summed E-state index contributed by atoms with van der Waals surface area (Å²) in [5.74, 6) is 2.66. The molecule has 0 atom stereocenters. The van der Waals surface area contributed by atoms with Gasteiger partial charge < -0.3 is 15.2 Å². The molecule has 8 heteroatoms. The standard InChI is InChI=1S/C17H24N6OS/c1-21-15(19-20-16(21)12-9-13(18)10-12)11-22-4-6-23(7-5-22)17(24)14-3-2-8-25-14/h2-3,8,12-13H,4-7,9-11,18H2,1H3. The molecule has 134 valence electrons. The van der Waals surface area contributed by atoms with Gasteiger partial charge in [-0.2, -0.15) is 0 Å². The lowest BCUT2D eigenvalue weighted by Gasteiger charge is -2.34. The molecule has 4 rings (SSSR count). The van der Waals surface area contributed by atoms with Gasteiger partial charge in [0, 0.05) is 45.2 Å². The molecule has 2 aliphatic rings. The lowest BCUT2D eigenvalue weighted by molar-refractivity contribution is 0.0629. The summed E-state index contributed by atoms with van der Waals surface area (Å²) in [6.07, 6.45) is 2.02. The molecule has 2 fully saturated rings. The van der Waals surface area contributed by atoms with Gasteiger partial charge in [0.25, 0.3) is 5.91 Å². The zero-order chi connectivity index (χ0) is 17.4. The minimum Gasteiger partial charge on any atom is -0.335 e. The number of rotatable bonds is 4. The van der Waals surface area contributed by atoms with Crippen molar-refractivity contribution in [2.75, 3.05) is 26.2 Å². The topological polar surface area (TPSA) is 80.3 Å². The van der Waals surface area contributed by atoms with E-state index in [1.807, 2.05) is 29.5 Å². The molecule has 1 aliphatic heterocycles. The summed E-state index contributed by atoms with van der Waals surface area (Å²) < 4.78 is 2.12. The number of carbonyl (C=O) groups excluding carboxylic acids is 1. The van der Waals surface area contributed by atoms with Crippen LogP contribution in [0.5, 0.6) is 0 Å². The highest BCUT2D eigenvalue weighted by Crippen LogP contribution is 2.34. The number of carbonyl (C=O) groups is 1. The summed E-state index contributed by atoms with van der Waals surface area (Å²) in [5.41, 5.74) is 5.89. The van der Waals surface area contributed by atoms with Crippen molar-refractivity contribution >= 4 is 17.2 Å². The smallest absolute Gasteiger partial charge is 0.264 e. The van der Waals surface area contributed by atoms with Gasteiger partial charge in [-0.25, -0.2) is 0 Å². The fourth-order valence-corrected chi connectivity index (χ4v) is 4.30. The molecule has 0 bridgehead atoms. The molecule has 0 aromatic carbocycles. The minimum atomic E-state index is 0.150. The average Bonchev–Trinajstić information content (AvgIpc) is 3.24. The molecule has 25 heavy (non-hydrogen) atoms. The van der Waals surface area contributed by atoms with Gasteiger partial charge in [0.15, 0.2) is 0 Å². The first-order valence-corrected chi connectivity index (χ1v) is 9.68. The van der Waals surface area contributed by atoms with Crippen LogP contribution in [0.3, 0.4) is 0 Å². The molecule has 7 nitrogen and oxygen atoms in total. The van der Waals surface area contributed by atoms with Gasteiger partial charge in [-0.3, -0.25) is 9.69 Å². The Morgan fingerprint density at radius 1 is 1.28 bits per heavy atom. The third-order valence-electron chi connectivity index (χ3n) is 5.29. The predicted molar refractivity (Wildman–Crippen MR) is 96.5 cm³/mol. The third kappa shape index (κ3) is 3.33. The van der Waals surface area contributed by atoms with Crippen LogP contribution in [0.2, 0.25) is 0 Å². The van der Waals surface area contributed by atoms with Crippen molar-refractivity contribution < 1.29 is 4.79 Å². The van der Waals surface area contributed by atoms with Crippen LogP contribution in [0.25, 0.3) is 0 Å². The van der Waals surface area contributed by atoms with Crippen molar-refractivity contribution in [1.82, 2.24) is 24.6 Å². The third-order valence-corrected chi connectivity index (χ3v) is 6.15. The van der Waals surface area contributed by atoms with E-state index in [0.29, 0.717) is 12.0 Å². The van der Waals surface area contributed by atoms with E-state index >= 15 is 0 Å². The van der Waals surface area contributed by atoms with Crippen LogP contribution in [0.1, 0.15) is 40.1 Å². The molecule has 2 aromatic rings. The number of aromatic nitrogens is 3. The van der Waals surface area contributed by atoms with Crippen LogP contribution in [-0.2, 0) is 13.6 Å². The van der Waals surface area contributed by atoms with E-state index in [-0.39, 0.29) is 5.91 Å². The lowest BCUT2D eigenvalue weighted by atomic mass is 9.80. The van der Waals surface area contributed by atoms with Gasteiger partial charge in [-0.15, -0.1) is 21.5 Å². The maximum absolute atomic E-state index is 12.4. The molecule has 3 heterocycles.